The summed E-state index contributed by atoms with van der Waals surface area (Å²) in [7, 11) is 0. The topological polar surface area (TPSA) is 59.8 Å². The molecule has 1 amide bonds. The van der Waals surface area contributed by atoms with Crippen LogP contribution in [0.4, 0.5) is 5.69 Å². The van der Waals surface area contributed by atoms with Crippen LogP contribution in [-0.2, 0) is 4.79 Å². The zero-order chi connectivity index (χ0) is 18.5. The zero-order valence-electron chi connectivity index (χ0n) is 14.5. The van der Waals surface area contributed by atoms with E-state index in [1.165, 1.54) is 6.07 Å². The molecule has 26 heavy (non-hydrogen) atoms. The second kappa shape index (κ2) is 7.70. The lowest BCUT2D eigenvalue weighted by atomic mass is 10.1. The first-order valence-electron chi connectivity index (χ1n) is 8.22. The van der Waals surface area contributed by atoms with Gasteiger partial charge in [0.15, 0.2) is 6.61 Å². The summed E-state index contributed by atoms with van der Waals surface area (Å²) in [6, 6.07) is 16.0. The standard InChI is InChI=1S/C21H19NO4/c1-3-11-22(16-7-5-4-6-8-16)20(23)14-25-17-9-10-18-15(2)12-21(24)26-19(18)13-17/h3-10,12-13H,1,11,14H2,2H3. The number of para-hydroxylation sites is 1. The van der Waals surface area contributed by atoms with E-state index in [2.05, 4.69) is 6.58 Å². The fourth-order valence-electron chi connectivity index (χ4n) is 2.71. The molecule has 0 fully saturated rings. The normalized spacial score (nSPS) is 10.5. The van der Waals surface area contributed by atoms with Crippen LogP contribution in [0.25, 0.3) is 11.0 Å². The maximum absolute atomic E-state index is 12.6. The first-order chi connectivity index (χ1) is 12.6. The molecule has 3 aromatic rings. The number of rotatable bonds is 6. The summed E-state index contributed by atoms with van der Waals surface area (Å²) in [6.07, 6.45) is 1.67. The fourth-order valence-corrected chi connectivity index (χ4v) is 2.71. The van der Waals surface area contributed by atoms with Crippen LogP contribution in [0, 0.1) is 6.92 Å². The van der Waals surface area contributed by atoms with Crippen molar-refractivity contribution in [3.8, 4) is 5.75 Å². The van der Waals surface area contributed by atoms with Crippen molar-refractivity contribution in [2.45, 2.75) is 6.92 Å². The van der Waals surface area contributed by atoms with Crippen molar-refractivity contribution in [1.82, 2.24) is 0 Å². The number of ether oxygens (including phenoxy) is 1. The molecule has 0 aliphatic carbocycles. The number of carbonyl (C=O) groups excluding carboxylic acids is 1. The summed E-state index contributed by atoms with van der Waals surface area (Å²) in [4.78, 5) is 25.7. The second-order valence-electron chi connectivity index (χ2n) is 5.82. The number of hydrogen-bond acceptors (Lipinski definition) is 4. The van der Waals surface area contributed by atoms with Crippen molar-refractivity contribution in [2.75, 3.05) is 18.1 Å². The molecule has 0 radical (unpaired) electrons. The molecule has 132 valence electrons. The van der Waals surface area contributed by atoms with Gasteiger partial charge in [-0.05, 0) is 36.8 Å². The Morgan fingerprint density at radius 1 is 1.19 bits per heavy atom. The molecule has 0 spiro atoms. The first kappa shape index (κ1) is 17.5. The van der Waals surface area contributed by atoms with Gasteiger partial charge in [-0.25, -0.2) is 4.79 Å². The molecule has 0 unspecified atom stereocenters. The molecule has 2 aromatic carbocycles. The molecule has 1 aromatic heterocycles. The number of aryl methyl sites for hydroxylation is 1. The highest BCUT2D eigenvalue weighted by Crippen LogP contribution is 2.22. The number of hydrogen-bond donors (Lipinski definition) is 0. The third-order valence-electron chi connectivity index (χ3n) is 3.97. The largest absolute Gasteiger partial charge is 0.484 e. The molecule has 5 nitrogen and oxygen atoms in total. The van der Waals surface area contributed by atoms with Gasteiger partial charge in [0.1, 0.15) is 11.3 Å². The van der Waals surface area contributed by atoms with Gasteiger partial charge in [0.2, 0.25) is 0 Å². The van der Waals surface area contributed by atoms with Gasteiger partial charge in [0.05, 0.1) is 0 Å². The average molecular weight is 349 g/mol. The van der Waals surface area contributed by atoms with E-state index in [1.807, 2.05) is 43.3 Å². The SMILES string of the molecule is C=CCN(C(=O)COc1ccc2c(C)cc(=O)oc2c1)c1ccccc1. The lowest BCUT2D eigenvalue weighted by Gasteiger charge is -2.21. The highest BCUT2D eigenvalue weighted by Gasteiger charge is 2.15. The minimum absolute atomic E-state index is 0.135. The summed E-state index contributed by atoms with van der Waals surface area (Å²) < 4.78 is 10.8. The predicted octanol–water partition coefficient (Wildman–Crippen LogP) is 3.70. The second-order valence-corrected chi connectivity index (χ2v) is 5.82. The Morgan fingerprint density at radius 3 is 2.69 bits per heavy atom. The summed E-state index contributed by atoms with van der Waals surface area (Å²) >= 11 is 0. The van der Waals surface area contributed by atoms with Crippen LogP contribution in [0.2, 0.25) is 0 Å². The lowest BCUT2D eigenvalue weighted by Crippen LogP contribution is -2.35. The molecule has 0 aliphatic heterocycles. The number of nitrogens with zero attached hydrogens (tertiary/aromatic N) is 1. The summed E-state index contributed by atoms with van der Waals surface area (Å²) in [5.74, 6) is 0.271. The molecule has 0 atom stereocenters. The molecule has 0 N–H and O–H groups in total. The van der Waals surface area contributed by atoms with Crippen molar-refractivity contribution >= 4 is 22.6 Å². The minimum atomic E-state index is -0.413. The Kier molecular flexibility index (Phi) is 5.17. The number of benzene rings is 2. The van der Waals surface area contributed by atoms with E-state index in [4.69, 9.17) is 9.15 Å². The predicted molar refractivity (Wildman–Crippen MR) is 102 cm³/mol. The maximum atomic E-state index is 12.6. The van der Waals surface area contributed by atoms with Gasteiger partial charge in [-0.1, -0.05) is 24.3 Å². The number of carbonyl (C=O) groups is 1. The van der Waals surface area contributed by atoms with Crippen molar-refractivity contribution < 1.29 is 13.9 Å². The highest BCUT2D eigenvalue weighted by atomic mass is 16.5. The molecule has 3 rings (SSSR count). The van der Waals surface area contributed by atoms with Gasteiger partial charge < -0.3 is 14.1 Å². The zero-order valence-corrected chi connectivity index (χ0v) is 14.5. The van der Waals surface area contributed by atoms with E-state index < -0.39 is 5.63 Å². The Balaban J connectivity index is 1.77. The summed E-state index contributed by atoms with van der Waals surface area (Å²) in [6.45, 7) is 5.80. The smallest absolute Gasteiger partial charge is 0.336 e. The summed E-state index contributed by atoms with van der Waals surface area (Å²) in [5.41, 5.74) is 1.64. The highest BCUT2D eigenvalue weighted by molar-refractivity contribution is 5.94. The van der Waals surface area contributed by atoms with E-state index in [1.54, 1.807) is 23.1 Å². The third-order valence-corrected chi connectivity index (χ3v) is 3.97. The van der Waals surface area contributed by atoms with Gasteiger partial charge in [-0.3, -0.25) is 4.79 Å². The number of fused-ring (bicyclic) bond motifs is 1. The van der Waals surface area contributed by atoms with E-state index in [0.717, 1.165) is 16.6 Å². The Hall–Kier alpha value is -3.34. The molecular weight excluding hydrogens is 330 g/mol. The van der Waals surface area contributed by atoms with Crippen LogP contribution < -0.4 is 15.3 Å². The monoisotopic (exact) mass is 349 g/mol. The minimum Gasteiger partial charge on any atom is -0.484 e. The Bertz CT molecular complexity index is 992. The molecule has 0 saturated heterocycles. The third kappa shape index (κ3) is 3.83. The molecule has 0 bridgehead atoms. The quantitative estimate of drug-likeness (QED) is 0.503. The molecule has 5 heteroatoms. The Morgan fingerprint density at radius 2 is 1.96 bits per heavy atom. The average Bonchev–Trinajstić information content (AvgIpc) is 2.64. The van der Waals surface area contributed by atoms with Crippen molar-refractivity contribution in [3.05, 3.63) is 83.2 Å². The van der Waals surface area contributed by atoms with Gasteiger partial charge in [0.25, 0.3) is 5.91 Å². The molecule has 0 saturated carbocycles. The van der Waals surface area contributed by atoms with Crippen LogP contribution in [0.15, 0.2) is 76.5 Å². The van der Waals surface area contributed by atoms with Crippen LogP contribution in [-0.4, -0.2) is 19.1 Å². The van der Waals surface area contributed by atoms with Crippen LogP contribution >= 0.6 is 0 Å². The first-order valence-corrected chi connectivity index (χ1v) is 8.22. The fraction of sp³-hybridized carbons (Fsp3) is 0.143. The van der Waals surface area contributed by atoms with Crippen molar-refractivity contribution in [3.63, 3.8) is 0 Å². The van der Waals surface area contributed by atoms with Crippen LogP contribution in [0.1, 0.15) is 5.56 Å². The van der Waals surface area contributed by atoms with Crippen LogP contribution in [0.5, 0.6) is 5.75 Å². The lowest BCUT2D eigenvalue weighted by molar-refractivity contribution is -0.120. The number of amides is 1. The van der Waals surface area contributed by atoms with Crippen molar-refractivity contribution in [2.24, 2.45) is 0 Å². The molecular formula is C21H19NO4. The molecule has 0 aliphatic rings. The van der Waals surface area contributed by atoms with Gasteiger partial charge >= 0.3 is 5.63 Å². The van der Waals surface area contributed by atoms with Gasteiger partial charge in [0, 0.05) is 29.8 Å². The van der Waals surface area contributed by atoms with Gasteiger partial charge in [-0.15, -0.1) is 6.58 Å². The summed E-state index contributed by atoms with van der Waals surface area (Å²) in [5, 5.41) is 0.834. The van der Waals surface area contributed by atoms with E-state index in [-0.39, 0.29) is 12.5 Å². The molecule has 1 heterocycles. The van der Waals surface area contributed by atoms with Gasteiger partial charge in [-0.2, -0.15) is 0 Å². The maximum Gasteiger partial charge on any atom is 0.336 e. The van der Waals surface area contributed by atoms with Crippen molar-refractivity contribution in [1.29, 1.82) is 0 Å². The Labute approximate surface area is 151 Å². The van der Waals surface area contributed by atoms with E-state index >= 15 is 0 Å². The van der Waals surface area contributed by atoms with E-state index in [9.17, 15) is 9.59 Å². The number of anilines is 1. The van der Waals surface area contributed by atoms with E-state index in [0.29, 0.717) is 17.9 Å². The van der Waals surface area contributed by atoms with Crippen LogP contribution in [0.3, 0.4) is 0 Å².